The van der Waals surface area contributed by atoms with Crippen LogP contribution < -0.4 is 15.4 Å². The van der Waals surface area contributed by atoms with Gasteiger partial charge in [0.2, 0.25) is 5.91 Å². The van der Waals surface area contributed by atoms with Gasteiger partial charge in [-0.25, -0.2) is 0 Å². The Kier molecular flexibility index (Phi) is 3.97. The number of carbonyl (C=O) groups is 2. The van der Waals surface area contributed by atoms with Crippen LogP contribution in [0.1, 0.15) is 32.8 Å². The van der Waals surface area contributed by atoms with Crippen LogP contribution in [0.3, 0.4) is 0 Å². The molecule has 1 aliphatic rings. The lowest BCUT2D eigenvalue weighted by atomic mass is 10.0. The Morgan fingerprint density at radius 2 is 2.10 bits per heavy atom. The number of carbonyl (C=O) groups excluding carboxylic acids is 2. The Morgan fingerprint density at radius 1 is 1.35 bits per heavy atom. The molecule has 5 nitrogen and oxygen atoms in total. The van der Waals surface area contributed by atoms with Gasteiger partial charge in [0.05, 0.1) is 0 Å². The molecular formula is C15H20N2O3. The molecule has 1 aliphatic heterocycles. The van der Waals surface area contributed by atoms with Gasteiger partial charge in [0, 0.05) is 23.7 Å². The zero-order valence-electron chi connectivity index (χ0n) is 12.1. The minimum Gasteiger partial charge on any atom is -0.484 e. The monoisotopic (exact) mass is 276 g/mol. The molecule has 0 bridgehead atoms. The number of aryl methyl sites for hydroxylation is 1. The highest BCUT2D eigenvalue weighted by Crippen LogP contribution is 2.27. The summed E-state index contributed by atoms with van der Waals surface area (Å²) in [6.07, 6.45) is 1.26. The van der Waals surface area contributed by atoms with E-state index in [-0.39, 0.29) is 24.0 Å². The van der Waals surface area contributed by atoms with Crippen LogP contribution in [0.25, 0.3) is 0 Å². The van der Waals surface area contributed by atoms with Crippen molar-refractivity contribution >= 4 is 17.5 Å². The average molecular weight is 276 g/mol. The summed E-state index contributed by atoms with van der Waals surface area (Å²) in [6, 6.07) is 5.50. The van der Waals surface area contributed by atoms with Gasteiger partial charge in [-0.2, -0.15) is 0 Å². The highest BCUT2D eigenvalue weighted by molar-refractivity contribution is 5.94. The summed E-state index contributed by atoms with van der Waals surface area (Å²) in [7, 11) is 0. The Bertz CT molecular complexity index is 532. The third-order valence-electron chi connectivity index (χ3n) is 2.86. The first kappa shape index (κ1) is 14.4. The van der Waals surface area contributed by atoms with Crippen LogP contribution in [0.5, 0.6) is 5.75 Å². The fraction of sp³-hybridized carbons (Fsp3) is 0.467. The molecule has 0 spiro atoms. The van der Waals surface area contributed by atoms with Crippen molar-refractivity contribution in [3.63, 3.8) is 0 Å². The summed E-state index contributed by atoms with van der Waals surface area (Å²) in [5.41, 5.74) is 1.59. The average Bonchev–Trinajstić information content (AvgIpc) is 2.33. The number of benzene rings is 1. The first-order valence-electron chi connectivity index (χ1n) is 6.70. The van der Waals surface area contributed by atoms with Gasteiger partial charge in [-0.3, -0.25) is 9.59 Å². The lowest BCUT2D eigenvalue weighted by molar-refractivity contribution is -0.124. The van der Waals surface area contributed by atoms with Crippen LogP contribution in [-0.4, -0.2) is 24.0 Å². The predicted molar refractivity (Wildman–Crippen MR) is 76.8 cm³/mol. The normalized spacial score (nSPS) is 14.2. The third kappa shape index (κ3) is 3.98. The molecule has 2 amide bonds. The van der Waals surface area contributed by atoms with E-state index < -0.39 is 0 Å². The Morgan fingerprint density at radius 3 is 2.80 bits per heavy atom. The maximum absolute atomic E-state index is 11.7. The zero-order chi connectivity index (χ0) is 14.8. The molecule has 2 rings (SSSR count). The van der Waals surface area contributed by atoms with Crippen molar-refractivity contribution in [1.29, 1.82) is 0 Å². The number of hydrogen-bond acceptors (Lipinski definition) is 3. The molecule has 1 heterocycles. The lowest BCUT2D eigenvalue weighted by Crippen LogP contribution is -2.43. The van der Waals surface area contributed by atoms with E-state index >= 15 is 0 Å². The second-order valence-corrected chi connectivity index (χ2v) is 5.95. The summed E-state index contributed by atoms with van der Waals surface area (Å²) in [6.45, 7) is 5.71. The van der Waals surface area contributed by atoms with Gasteiger partial charge in [0.15, 0.2) is 6.61 Å². The zero-order valence-corrected chi connectivity index (χ0v) is 12.1. The van der Waals surface area contributed by atoms with E-state index in [0.717, 1.165) is 17.7 Å². The molecule has 0 fully saturated rings. The minimum absolute atomic E-state index is 0.0140. The maximum Gasteiger partial charge on any atom is 0.258 e. The first-order chi connectivity index (χ1) is 9.33. The molecule has 0 saturated heterocycles. The van der Waals surface area contributed by atoms with Crippen LogP contribution in [0.15, 0.2) is 18.2 Å². The topological polar surface area (TPSA) is 67.4 Å². The van der Waals surface area contributed by atoms with E-state index in [1.807, 2.05) is 32.9 Å². The van der Waals surface area contributed by atoms with Crippen LogP contribution in [0.4, 0.5) is 5.69 Å². The highest BCUT2D eigenvalue weighted by Gasteiger charge is 2.16. The number of amides is 2. The van der Waals surface area contributed by atoms with Gasteiger partial charge in [-0.05, 0) is 38.8 Å². The number of anilines is 1. The summed E-state index contributed by atoms with van der Waals surface area (Å²) in [5, 5.41) is 5.63. The molecule has 0 aromatic heterocycles. The molecule has 0 radical (unpaired) electrons. The van der Waals surface area contributed by atoms with Gasteiger partial charge in [0.1, 0.15) is 5.75 Å². The molecule has 2 N–H and O–H groups in total. The third-order valence-corrected chi connectivity index (χ3v) is 2.86. The number of hydrogen-bond donors (Lipinski definition) is 2. The van der Waals surface area contributed by atoms with E-state index in [2.05, 4.69) is 10.6 Å². The SMILES string of the molecule is CC(C)(C)NC(=O)COc1ccc2c(c1)NC(=O)CC2. The van der Waals surface area contributed by atoms with E-state index in [1.54, 1.807) is 6.07 Å². The van der Waals surface area contributed by atoms with Gasteiger partial charge in [0.25, 0.3) is 5.91 Å². The van der Waals surface area contributed by atoms with Crippen molar-refractivity contribution in [3.05, 3.63) is 23.8 Å². The van der Waals surface area contributed by atoms with E-state index in [0.29, 0.717) is 12.2 Å². The molecule has 108 valence electrons. The Labute approximate surface area is 118 Å². The summed E-state index contributed by atoms with van der Waals surface area (Å²) in [4.78, 5) is 23.0. The molecule has 0 aliphatic carbocycles. The Hall–Kier alpha value is -2.04. The lowest BCUT2D eigenvalue weighted by Gasteiger charge is -2.21. The van der Waals surface area contributed by atoms with Crippen LogP contribution in [0.2, 0.25) is 0 Å². The smallest absolute Gasteiger partial charge is 0.258 e. The number of fused-ring (bicyclic) bond motifs is 1. The fourth-order valence-corrected chi connectivity index (χ4v) is 2.04. The molecule has 0 saturated carbocycles. The number of nitrogens with one attached hydrogen (secondary N) is 2. The van der Waals surface area contributed by atoms with Crippen molar-refractivity contribution < 1.29 is 14.3 Å². The largest absolute Gasteiger partial charge is 0.484 e. The van der Waals surface area contributed by atoms with Gasteiger partial charge in [-0.1, -0.05) is 6.07 Å². The second kappa shape index (κ2) is 5.53. The standard InChI is InChI=1S/C15H20N2O3/c1-15(2,3)17-14(19)9-20-11-6-4-10-5-7-13(18)16-12(10)8-11/h4,6,8H,5,7,9H2,1-3H3,(H,16,18)(H,17,19). The van der Waals surface area contributed by atoms with E-state index in [9.17, 15) is 9.59 Å². The molecule has 0 unspecified atom stereocenters. The molecular weight excluding hydrogens is 256 g/mol. The van der Waals surface area contributed by atoms with E-state index in [4.69, 9.17) is 4.74 Å². The quantitative estimate of drug-likeness (QED) is 0.885. The molecule has 5 heteroatoms. The van der Waals surface area contributed by atoms with Crippen molar-refractivity contribution in [3.8, 4) is 5.75 Å². The molecule has 1 aromatic carbocycles. The van der Waals surface area contributed by atoms with E-state index in [1.165, 1.54) is 0 Å². The first-order valence-corrected chi connectivity index (χ1v) is 6.70. The summed E-state index contributed by atoms with van der Waals surface area (Å²) < 4.78 is 5.45. The number of ether oxygens (including phenoxy) is 1. The van der Waals surface area contributed by atoms with Crippen LogP contribution >= 0.6 is 0 Å². The maximum atomic E-state index is 11.7. The van der Waals surface area contributed by atoms with Crippen LogP contribution in [-0.2, 0) is 16.0 Å². The second-order valence-electron chi connectivity index (χ2n) is 5.95. The van der Waals surface area contributed by atoms with Crippen molar-refractivity contribution in [2.24, 2.45) is 0 Å². The van der Waals surface area contributed by atoms with Crippen molar-refractivity contribution in [2.75, 3.05) is 11.9 Å². The molecule has 1 aromatic rings. The highest BCUT2D eigenvalue weighted by atomic mass is 16.5. The van der Waals surface area contributed by atoms with Crippen molar-refractivity contribution in [1.82, 2.24) is 5.32 Å². The van der Waals surface area contributed by atoms with Crippen molar-refractivity contribution in [2.45, 2.75) is 39.2 Å². The number of rotatable bonds is 3. The minimum atomic E-state index is -0.274. The molecule has 20 heavy (non-hydrogen) atoms. The molecule has 0 atom stereocenters. The predicted octanol–water partition coefficient (Wildman–Crippen LogP) is 1.86. The van der Waals surface area contributed by atoms with Gasteiger partial charge in [-0.15, -0.1) is 0 Å². The van der Waals surface area contributed by atoms with Gasteiger partial charge >= 0.3 is 0 Å². The summed E-state index contributed by atoms with van der Waals surface area (Å²) >= 11 is 0. The van der Waals surface area contributed by atoms with Gasteiger partial charge < -0.3 is 15.4 Å². The fourth-order valence-electron chi connectivity index (χ4n) is 2.04. The van der Waals surface area contributed by atoms with Crippen LogP contribution in [0, 0.1) is 0 Å². The summed E-state index contributed by atoms with van der Waals surface area (Å²) in [5.74, 6) is 0.425. The Balaban J connectivity index is 1.96.